The molecule has 25 heavy (non-hydrogen) atoms. The van der Waals surface area contributed by atoms with Crippen molar-refractivity contribution in [1.29, 1.82) is 0 Å². The Morgan fingerprint density at radius 1 is 1.20 bits per heavy atom. The maximum absolute atomic E-state index is 11.8. The van der Waals surface area contributed by atoms with Gasteiger partial charge in [-0.15, -0.1) is 0 Å². The third-order valence-electron chi connectivity index (χ3n) is 3.77. The number of nitrogens with one attached hydrogen (secondary N) is 1. The molecule has 0 aliphatic heterocycles. The number of carbonyl (C=O) groups is 2. The topological polar surface area (TPSA) is 77.1 Å². The summed E-state index contributed by atoms with van der Waals surface area (Å²) in [6, 6.07) is 13.8. The van der Waals surface area contributed by atoms with E-state index in [1.807, 2.05) is 53.2 Å². The number of rotatable bonds is 5. The van der Waals surface area contributed by atoms with Crippen molar-refractivity contribution in [2.24, 2.45) is 5.73 Å². The summed E-state index contributed by atoms with van der Waals surface area (Å²) >= 11 is 2.08. The van der Waals surface area contributed by atoms with E-state index in [-0.39, 0.29) is 27.4 Å². The number of nitrogens with zero attached hydrogens (tertiary/aromatic N) is 1. The summed E-state index contributed by atoms with van der Waals surface area (Å²) in [6.45, 7) is 0.266. The molecule has 0 bridgehead atoms. The summed E-state index contributed by atoms with van der Waals surface area (Å²) < 4.78 is 4.99. The molecule has 0 saturated heterocycles. The van der Waals surface area contributed by atoms with Crippen molar-refractivity contribution < 1.29 is 9.59 Å². The summed E-state index contributed by atoms with van der Waals surface area (Å²) in [5.74, 6) is -0.462. The molecule has 7 heteroatoms. The Labute approximate surface area is 165 Å². The van der Waals surface area contributed by atoms with Crippen LogP contribution in [0.5, 0.6) is 0 Å². The molecule has 3 N–H and O–H groups in total. The second-order valence-electron chi connectivity index (χ2n) is 5.42. The molecule has 0 radical (unpaired) electrons. The van der Waals surface area contributed by atoms with Crippen LogP contribution in [0.4, 0.5) is 0 Å². The number of aromatic nitrogens is 1. The number of amides is 2. The fourth-order valence-corrected chi connectivity index (χ4v) is 5.37. The Bertz CT molecular complexity index is 968. The van der Waals surface area contributed by atoms with Crippen molar-refractivity contribution in [3.8, 4) is 0 Å². The summed E-state index contributed by atoms with van der Waals surface area (Å²) in [5, 5.41) is 3.75. The summed E-state index contributed by atoms with van der Waals surface area (Å²) in [7, 11) is 1.63. The van der Waals surface area contributed by atoms with Gasteiger partial charge in [-0.2, -0.15) is 0 Å². The minimum atomic E-state index is -0.413. The van der Waals surface area contributed by atoms with Gasteiger partial charge in [0.15, 0.2) is 0 Å². The number of likely N-dealkylation sites (N-methyl/N-ethyl adjacent to an activating group) is 1. The SMILES string of the molecule is CNC(=O)Cn1cc([Se]c2ccc(I)cc2C(N)=O)c2ccccc21. The molecule has 3 rings (SSSR count). The van der Waals surface area contributed by atoms with E-state index in [1.165, 1.54) is 0 Å². The van der Waals surface area contributed by atoms with Crippen molar-refractivity contribution in [1.82, 2.24) is 9.88 Å². The average Bonchev–Trinajstić information content (AvgIpc) is 2.94. The Morgan fingerprint density at radius 3 is 2.68 bits per heavy atom. The first-order valence-electron chi connectivity index (χ1n) is 7.55. The molecule has 2 amide bonds. The van der Waals surface area contributed by atoms with Crippen LogP contribution in [-0.2, 0) is 11.3 Å². The molecule has 0 fully saturated rings. The first-order chi connectivity index (χ1) is 12.0. The normalized spacial score (nSPS) is 10.8. The third-order valence-corrected chi connectivity index (χ3v) is 6.80. The molecule has 0 aliphatic rings. The van der Waals surface area contributed by atoms with Gasteiger partial charge >= 0.3 is 166 Å². The Hall–Kier alpha value is -1.83. The van der Waals surface area contributed by atoms with Crippen molar-refractivity contribution in [3.63, 3.8) is 0 Å². The number of para-hydroxylation sites is 1. The van der Waals surface area contributed by atoms with Gasteiger partial charge in [-0.3, -0.25) is 0 Å². The van der Waals surface area contributed by atoms with Crippen LogP contribution in [0.25, 0.3) is 10.9 Å². The Balaban J connectivity index is 2.05. The van der Waals surface area contributed by atoms with Gasteiger partial charge in [0.2, 0.25) is 0 Å². The standard InChI is InChI=1S/C18H16IN3O2Se/c1-21-17(23)10-22-9-16(12-4-2-3-5-14(12)22)25-15-7-6-11(19)8-13(15)18(20)24/h2-9H,10H2,1H3,(H2,20,24)(H,21,23). The molecule has 3 aromatic rings. The van der Waals surface area contributed by atoms with Crippen LogP contribution < -0.4 is 20.0 Å². The molecule has 5 nitrogen and oxygen atoms in total. The molecule has 0 aliphatic carbocycles. The van der Waals surface area contributed by atoms with Crippen molar-refractivity contribution in [3.05, 3.63) is 57.8 Å². The van der Waals surface area contributed by atoms with E-state index in [0.717, 1.165) is 23.4 Å². The predicted octanol–water partition coefficient (Wildman–Crippen LogP) is 0.746. The predicted molar refractivity (Wildman–Crippen MR) is 109 cm³/mol. The van der Waals surface area contributed by atoms with Gasteiger partial charge in [-0.25, -0.2) is 0 Å². The first-order valence-corrected chi connectivity index (χ1v) is 10.3. The van der Waals surface area contributed by atoms with Crippen LogP contribution in [0, 0.1) is 3.57 Å². The summed E-state index contributed by atoms with van der Waals surface area (Å²) in [4.78, 5) is 23.6. The van der Waals surface area contributed by atoms with E-state index in [4.69, 9.17) is 5.73 Å². The molecule has 2 aromatic carbocycles. The molecule has 0 atom stereocenters. The summed E-state index contributed by atoms with van der Waals surface area (Å²) in [6.07, 6.45) is 2.00. The third kappa shape index (κ3) is 3.89. The van der Waals surface area contributed by atoms with Gasteiger partial charge in [-0.05, 0) is 0 Å². The van der Waals surface area contributed by atoms with Gasteiger partial charge in [0, 0.05) is 0 Å². The maximum atomic E-state index is 11.8. The molecule has 1 heterocycles. The van der Waals surface area contributed by atoms with Crippen molar-refractivity contribution in [2.45, 2.75) is 6.54 Å². The van der Waals surface area contributed by atoms with E-state index in [1.54, 1.807) is 7.05 Å². The monoisotopic (exact) mass is 513 g/mol. The van der Waals surface area contributed by atoms with E-state index < -0.39 is 5.91 Å². The zero-order valence-corrected chi connectivity index (χ0v) is 17.3. The number of benzene rings is 2. The average molecular weight is 512 g/mol. The molecular weight excluding hydrogens is 496 g/mol. The van der Waals surface area contributed by atoms with E-state index in [9.17, 15) is 9.59 Å². The van der Waals surface area contributed by atoms with Gasteiger partial charge in [-0.1, -0.05) is 0 Å². The number of halogens is 1. The van der Waals surface area contributed by atoms with Crippen molar-refractivity contribution in [2.75, 3.05) is 7.05 Å². The van der Waals surface area contributed by atoms with Crippen molar-refractivity contribution >= 4 is 69.2 Å². The van der Waals surface area contributed by atoms with E-state index in [2.05, 4.69) is 27.9 Å². The van der Waals surface area contributed by atoms with Crippen LogP contribution in [0.3, 0.4) is 0 Å². The number of hydrogen-bond acceptors (Lipinski definition) is 2. The molecule has 1 aromatic heterocycles. The number of primary amides is 1. The van der Waals surface area contributed by atoms with Gasteiger partial charge < -0.3 is 0 Å². The minimum absolute atomic E-state index is 0.0492. The number of hydrogen-bond donors (Lipinski definition) is 2. The van der Waals surface area contributed by atoms with E-state index in [0.29, 0.717) is 5.56 Å². The fraction of sp³-hybridized carbons (Fsp3) is 0.111. The van der Waals surface area contributed by atoms with Crippen LogP contribution in [0.1, 0.15) is 10.4 Å². The van der Waals surface area contributed by atoms with Gasteiger partial charge in [0.05, 0.1) is 0 Å². The molecule has 0 saturated carbocycles. The first kappa shape index (κ1) is 18.0. The molecule has 128 valence electrons. The second-order valence-corrected chi connectivity index (χ2v) is 8.94. The van der Waals surface area contributed by atoms with E-state index >= 15 is 0 Å². The van der Waals surface area contributed by atoms with Crippen LogP contribution in [0.15, 0.2) is 48.7 Å². The van der Waals surface area contributed by atoms with Crippen LogP contribution in [0.2, 0.25) is 0 Å². The number of nitrogens with two attached hydrogens (primary N) is 1. The molecule has 0 unspecified atom stereocenters. The number of carbonyl (C=O) groups excluding carboxylic acids is 2. The second kappa shape index (κ2) is 7.59. The molecule has 0 spiro atoms. The zero-order chi connectivity index (χ0) is 18.0. The quantitative estimate of drug-likeness (QED) is 0.391. The Kier molecular flexibility index (Phi) is 5.46. The Morgan fingerprint density at radius 2 is 1.96 bits per heavy atom. The van der Waals surface area contributed by atoms with Gasteiger partial charge in [0.25, 0.3) is 0 Å². The van der Waals surface area contributed by atoms with Crippen LogP contribution >= 0.6 is 22.6 Å². The summed E-state index contributed by atoms with van der Waals surface area (Å²) in [5.41, 5.74) is 7.12. The van der Waals surface area contributed by atoms with Crippen LogP contribution in [-0.4, -0.2) is 38.4 Å². The molecular formula is C18H16IN3O2Se. The van der Waals surface area contributed by atoms with Gasteiger partial charge in [0.1, 0.15) is 0 Å². The zero-order valence-electron chi connectivity index (χ0n) is 13.5. The number of fused-ring (bicyclic) bond motifs is 1. The fourth-order valence-electron chi connectivity index (χ4n) is 2.56.